The molecule has 3 nitrogen and oxygen atoms in total. The molecular weight excluding hydrogens is 328 g/mol. The minimum atomic E-state index is -0.290. The van der Waals surface area contributed by atoms with Crippen LogP contribution in [0.15, 0.2) is 28.7 Å². The molecule has 3 N–H and O–H groups in total. The van der Waals surface area contributed by atoms with Crippen LogP contribution in [0.4, 0.5) is 0 Å². The molecule has 2 rings (SSSR count). The van der Waals surface area contributed by atoms with E-state index in [1.54, 1.807) is 0 Å². The maximum absolute atomic E-state index is 12.3. The van der Waals surface area contributed by atoms with Crippen LogP contribution in [0.25, 0.3) is 0 Å². The van der Waals surface area contributed by atoms with Crippen molar-refractivity contribution in [2.75, 3.05) is 6.54 Å². The molecule has 0 radical (unpaired) electrons. The standard InChI is InChI=1S/C14H19BrN2O.ClH/c1-10(16)5-8-17-13(18)14(6-7-14)11-3-2-4-12(15)9-11;/h2-4,9-10H,5-8,16H2,1H3,(H,17,18);1H. The van der Waals surface area contributed by atoms with Crippen molar-refractivity contribution < 1.29 is 4.79 Å². The van der Waals surface area contributed by atoms with E-state index in [0.717, 1.165) is 29.3 Å². The van der Waals surface area contributed by atoms with E-state index in [-0.39, 0.29) is 29.8 Å². The lowest BCUT2D eigenvalue weighted by molar-refractivity contribution is -0.123. The van der Waals surface area contributed by atoms with E-state index in [9.17, 15) is 4.79 Å². The zero-order valence-corrected chi connectivity index (χ0v) is 13.4. The molecule has 1 fully saturated rings. The third-order valence-electron chi connectivity index (χ3n) is 3.45. The highest BCUT2D eigenvalue weighted by Crippen LogP contribution is 2.48. The number of hydrogen-bond acceptors (Lipinski definition) is 2. The summed E-state index contributed by atoms with van der Waals surface area (Å²) in [6.45, 7) is 2.61. The van der Waals surface area contributed by atoms with Gasteiger partial charge in [0, 0.05) is 17.1 Å². The topological polar surface area (TPSA) is 55.1 Å². The fourth-order valence-corrected chi connectivity index (χ4v) is 2.54. The molecule has 1 amide bonds. The van der Waals surface area contributed by atoms with Gasteiger partial charge in [0.05, 0.1) is 5.41 Å². The summed E-state index contributed by atoms with van der Waals surface area (Å²) in [6, 6.07) is 8.16. The van der Waals surface area contributed by atoms with Gasteiger partial charge in [0.25, 0.3) is 0 Å². The van der Waals surface area contributed by atoms with E-state index in [2.05, 4.69) is 21.2 Å². The largest absolute Gasteiger partial charge is 0.355 e. The van der Waals surface area contributed by atoms with Gasteiger partial charge in [0.1, 0.15) is 0 Å². The van der Waals surface area contributed by atoms with Gasteiger partial charge in [-0.05, 0) is 43.9 Å². The number of rotatable bonds is 5. The molecule has 0 aromatic heterocycles. The van der Waals surface area contributed by atoms with Crippen molar-refractivity contribution in [3.05, 3.63) is 34.3 Å². The normalized spacial score (nSPS) is 17.2. The summed E-state index contributed by atoms with van der Waals surface area (Å²) in [4.78, 5) is 12.3. The monoisotopic (exact) mass is 346 g/mol. The van der Waals surface area contributed by atoms with Crippen molar-refractivity contribution in [1.29, 1.82) is 0 Å². The Morgan fingerprint density at radius 3 is 2.74 bits per heavy atom. The van der Waals surface area contributed by atoms with Crippen LogP contribution in [0.2, 0.25) is 0 Å². The van der Waals surface area contributed by atoms with Crippen LogP contribution in [-0.4, -0.2) is 18.5 Å². The maximum Gasteiger partial charge on any atom is 0.230 e. The molecule has 106 valence electrons. The second-order valence-electron chi connectivity index (χ2n) is 5.11. The molecule has 0 bridgehead atoms. The second kappa shape index (κ2) is 6.73. The Hall–Kier alpha value is -0.580. The minimum Gasteiger partial charge on any atom is -0.355 e. The molecule has 19 heavy (non-hydrogen) atoms. The summed E-state index contributed by atoms with van der Waals surface area (Å²) in [5.74, 6) is 0.140. The van der Waals surface area contributed by atoms with Crippen LogP contribution in [0.1, 0.15) is 31.7 Å². The number of amides is 1. The lowest BCUT2D eigenvalue weighted by atomic mass is 9.95. The first-order valence-electron chi connectivity index (χ1n) is 6.34. The Labute approximate surface area is 128 Å². The highest BCUT2D eigenvalue weighted by Gasteiger charge is 2.51. The molecule has 1 aromatic carbocycles. The maximum atomic E-state index is 12.3. The first-order chi connectivity index (χ1) is 8.54. The summed E-state index contributed by atoms with van der Waals surface area (Å²) < 4.78 is 1.02. The van der Waals surface area contributed by atoms with Crippen LogP contribution in [0.3, 0.4) is 0 Å². The molecule has 0 aliphatic heterocycles. The van der Waals surface area contributed by atoms with E-state index in [1.165, 1.54) is 0 Å². The van der Waals surface area contributed by atoms with Gasteiger partial charge in [0.15, 0.2) is 0 Å². The van der Waals surface area contributed by atoms with Gasteiger partial charge < -0.3 is 11.1 Å². The fraction of sp³-hybridized carbons (Fsp3) is 0.500. The van der Waals surface area contributed by atoms with Crippen molar-refractivity contribution in [3.63, 3.8) is 0 Å². The summed E-state index contributed by atoms with van der Waals surface area (Å²) in [6.07, 6.45) is 2.70. The smallest absolute Gasteiger partial charge is 0.230 e. The van der Waals surface area contributed by atoms with Crippen molar-refractivity contribution in [2.45, 2.75) is 37.6 Å². The number of nitrogens with two attached hydrogens (primary N) is 1. The van der Waals surface area contributed by atoms with E-state index >= 15 is 0 Å². The highest BCUT2D eigenvalue weighted by molar-refractivity contribution is 9.10. The van der Waals surface area contributed by atoms with Crippen LogP contribution in [-0.2, 0) is 10.2 Å². The van der Waals surface area contributed by atoms with Crippen LogP contribution >= 0.6 is 28.3 Å². The Morgan fingerprint density at radius 1 is 1.53 bits per heavy atom. The summed E-state index contributed by atoms with van der Waals surface area (Å²) in [5.41, 5.74) is 6.49. The molecule has 0 saturated heterocycles. The van der Waals surface area contributed by atoms with Gasteiger partial charge in [-0.1, -0.05) is 28.1 Å². The Kier molecular flexibility index (Phi) is 5.83. The van der Waals surface area contributed by atoms with Crippen LogP contribution in [0.5, 0.6) is 0 Å². The fourth-order valence-electron chi connectivity index (χ4n) is 2.14. The van der Waals surface area contributed by atoms with Crippen LogP contribution < -0.4 is 11.1 Å². The SMILES string of the molecule is CC(N)CCNC(=O)C1(c2cccc(Br)c2)CC1.Cl. The summed E-state index contributed by atoms with van der Waals surface area (Å²) >= 11 is 3.45. The van der Waals surface area contributed by atoms with E-state index in [1.807, 2.05) is 31.2 Å². The van der Waals surface area contributed by atoms with E-state index in [0.29, 0.717) is 6.54 Å². The molecule has 1 aliphatic carbocycles. The van der Waals surface area contributed by atoms with Gasteiger partial charge in [0.2, 0.25) is 5.91 Å². The number of benzene rings is 1. The third kappa shape index (κ3) is 3.94. The molecule has 1 unspecified atom stereocenters. The molecule has 0 spiro atoms. The zero-order chi connectivity index (χ0) is 13.2. The molecular formula is C14H20BrClN2O. The molecule has 1 atom stereocenters. The third-order valence-corrected chi connectivity index (χ3v) is 3.94. The lowest BCUT2D eigenvalue weighted by Crippen LogP contribution is -2.36. The average molecular weight is 348 g/mol. The first-order valence-corrected chi connectivity index (χ1v) is 7.14. The van der Waals surface area contributed by atoms with Gasteiger partial charge in [-0.3, -0.25) is 4.79 Å². The van der Waals surface area contributed by atoms with Gasteiger partial charge in [-0.2, -0.15) is 0 Å². The first kappa shape index (κ1) is 16.5. The molecule has 1 aliphatic rings. The molecule has 5 heteroatoms. The Bertz CT molecular complexity index is 447. The summed E-state index contributed by atoms with van der Waals surface area (Å²) in [5, 5.41) is 3.00. The minimum absolute atomic E-state index is 0. The molecule has 1 saturated carbocycles. The number of hydrogen-bond donors (Lipinski definition) is 2. The lowest BCUT2D eigenvalue weighted by Gasteiger charge is -2.16. The van der Waals surface area contributed by atoms with E-state index in [4.69, 9.17) is 5.73 Å². The quantitative estimate of drug-likeness (QED) is 0.860. The number of carbonyl (C=O) groups is 1. The van der Waals surface area contributed by atoms with Crippen molar-refractivity contribution >= 4 is 34.2 Å². The Morgan fingerprint density at radius 2 is 2.21 bits per heavy atom. The predicted octanol–water partition coefficient (Wildman–Crippen LogP) is 2.76. The number of halogens is 2. The Balaban J connectivity index is 0.00000180. The molecule has 1 aromatic rings. The summed E-state index contributed by atoms with van der Waals surface area (Å²) in [7, 11) is 0. The number of carbonyl (C=O) groups excluding carboxylic acids is 1. The van der Waals surface area contributed by atoms with Crippen LogP contribution in [0, 0.1) is 0 Å². The second-order valence-corrected chi connectivity index (χ2v) is 6.03. The van der Waals surface area contributed by atoms with E-state index < -0.39 is 0 Å². The van der Waals surface area contributed by atoms with Gasteiger partial charge >= 0.3 is 0 Å². The zero-order valence-electron chi connectivity index (χ0n) is 11.0. The van der Waals surface area contributed by atoms with Crippen molar-refractivity contribution in [2.24, 2.45) is 5.73 Å². The van der Waals surface area contributed by atoms with Gasteiger partial charge in [-0.25, -0.2) is 0 Å². The van der Waals surface area contributed by atoms with Crippen molar-refractivity contribution in [3.8, 4) is 0 Å². The predicted molar refractivity (Wildman–Crippen MR) is 83.6 cm³/mol. The molecule has 0 heterocycles. The highest BCUT2D eigenvalue weighted by atomic mass is 79.9. The van der Waals surface area contributed by atoms with Gasteiger partial charge in [-0.15, -0.1) is 12.4 Å². The average Bonchev–Trinajstić information content (AvgIpc) is 3.09. The number of nitrogens with one attached hydrogen (secondary N) is 1. The van der Waals surface area contributed by atoms with Crippen molar-refractivity contribution in [1.82, 2.24) is 5.32 Å².